The van der Waals surface area contributed by atoms with Crippen molar-refractivity contribution in [1.29, 1.82) is 0 Å². The van der Waals surface area contributed by atoms with Crippen molar-refractivity contribution in [3.63, 3.8) is 0 Å². The molecule has 134 valence electrons. The topological polar surface area (TPSA) is 39.7 Å². The van der Waals surface area contributed by atoms with Crippen LogP contribution in [0, 0.1) is 0 Å². The predicted molar refractivity (Wildman–Crippen MR) is 114 cm³/mol. The van der Waals surface area contributed by atoms with Crippen molar-refractivity contribution in [2.24, 2.45) is 4.99 Å². The summed E-state index contributed by atoms with van der Waals surface area (Å²) in [6.07, 6.45) is 11.2. The van der Waals surface area contributed by atoms with Gasteiger partial charge in [0.2, 0.25) is 0 Å². The lowest BCUT2D eigenvalue weighted by Crippen LogP contribution is -2.38. The van der Waals surface area contributed by atoms with Gasteiger partial charge in [-0.1, -0.05) is 19.3 Å². The molecule has 0 aliphatic carbocycles. The monoisotopic (exact) mass is 444 g/mol. The van der Waals surface area contributed by atoms with Crippen LogP contribution in [0.15, 0.2) is 4.99 Å². The molecule has 0 saturated heterocycles. The molecule has 0 unspecified atom stereocenters. The van der Waals surface area contributed by atoms with E-state index in [4.69, 9.17) is 0 Å². The average molecular weight is 444 g/mol. The SMILES string of the molecule is CN=C(NCCCCCCCN(C)C)NCCCCSC.I. The van der Waals surface area contributed by atoms with Gasteiger partial charge in [0.05, 0.1) is 0 Å². The van der Waals surface area contributed by atoms with Crippen LogP contribution in [0.3, 0.4) is 0 Å². The van der Waals surface area contributed by atoms with Crippen molar-refractivity contribution in [1.82, 2.24) is 15.5 Å². The van der Waals surface area contributed by atoms with Crippen LogP contribution in [0.25, 0.3) is 0 Å². The first-order valence-electron chi connectivity index (χ1n) is 8.29. The quantitative estimate of drug-likeness (QED) is 0.198. The smallest absolute Gasteiger partial charge is 0.190 e. The first-order chi connectivity index (χ1) is 10.2. The zero-order valence-electron chi connectivity index (χ0n) is 15.0. The Kier molecular flexibility index (Phi) is 21.6. The number of aliphatic imine (C=N–C) groups is 1. The maximum absolute atomic E-state index is 4.26. The van der Waals surface area contributed by atoms with Gasteiger partial charge in [-0.3, -0.25) is 4.99 Å². The number of unbranched alkanes of at least 4 members (excludes halogenated alkanes) is 5. The Morgan fingerprint density at radius 2 is 1.45 bits per heavy atom. The number of nitrogens with zero attached hydrogens (tertiary/aromatic N) is 2. The van der Waals surface area contributed by atoms with E-state index in [1.807, 2.05) is 18.8 Å². The number of nitrogens with one attached hydrogen (secondary N) is 2. The third kappa shape index (κ3) is 18.4. The highest BCUT2D eigenvalue weighted by molar-refractivity contribution is 14.0. The number of thioether (sulfide) groups is 1. The molecule has 0 saturated carbocycles. The zero-order valence-corrected chi connectivity index (χ0v) is 18.1. The van der Waals surface area contributed by atoms with Gasteiger partial charge in [0, 0.05) is 20.1 Å². The molecule has 22 heavy (non-hydrogen) atoms. The van der Waals surface area contributed by atoms with Gasteiger partial charge in [0.25, 0.3) is 0 Å². The van der Waals surface area contributed by atoms with Gasteiger partial charge in [0.15, 0.2) is 5.96 Å². The summed E-state index contributed by atoms with van der Waals surface area (Å²) >= 11 is 1.92. The fourth-order valence-corrected chi connectivity index (χ4v) is 2.58. The molecule has 0 bridgehead atoms. The summed E-state index contributed by atoms with van der Waals surface area (Å²) in [7, 11) is 6.13. The average Bonchev–Trinajstić information content (AvgIpc) is 2.47. The van der Waals surface area contributed by atoms with Crippen LogP contribution in [-0.4, -0.2) is 63.6 Å². The second kappa shape index (κ2) is 19.4. The van der Waals surface area contributed by atoms with Gasteiger partial charge in [-0.25, -0.2) is 0 Å². The van der Waals surface area contributed by atoms with Crippen LogP contribution in [0.4, 0.5) is 0 Å². The van der Waals surface area contributed by atoms with E-state index in [1.54, 1.807) is 0 Å². The molecule has 6 heteroatoms. The zero-order chi connectivity index (χ0) is 15.8. The number of rotatable bonds is 13. The van der Waals surface area contributed by atoms with Crippen molar-refractivity contribution in [2.75, 3.05) is 52.8 Å². The Morgan fingerprint density at radius 1 is 0.909 bits per heavy atom. The van der Waals surface area contributed by atoms with Crippen molar-refractivity contribution in [3.05, 3.63) is 0 Å². The third-order valence-electron chi connectivity index (χ3n) is 3.37. The van der Waals surface area contributed by atoms with Crippen LogP contribution in [0.5, 0.6) is 0 Å². The molecular weight excluding hydrogens is 407 g/mol. The van der Waals surface area contributed by atoms with Crippen molar-refractivity contribution in [2.45, 2.75) is 44.9 Å². The highest BCUT2D eigenvalue weighted by atomic mass is 127. The summed E-state index contributed by atoms with van der Waals surface area (Å²) in [6.45, 7) is 3.26. The third-order valence-corrected chi connectivity index (χ3v) is 4.06. The van der Waals surface area contributed by atoms with Crippen LogP contribution >= 0.6 is 35.7 Å². The Bertz CT molecular complexity index is 250. The Balaban J connectivity index is 0. The van der Waals surface area contributed by atoms with Crippen molar-refractivity contribution < 1.29 is 0 Å². The molecule has 0 fully saturated rings. The highest BCUT2D eigenvalue weighted by Crippen LogP contribution is 2.02. The lowest BCUT2D eigenvalue weighted by atomic mass is 10.1. The largest absolute Gasteiger partial charge is 0.356 e. The first-order valence-corrected chi connectivity index (χ1v) is 9.68. The molecule has 0 aliphatic heterocycles. The Hall–Kier alpha value is 0.310. The summed E-state index contributed by atoms with van der Waals surface area (Å²) in [5.74, 6) is 2.20. The number of halogens is 1. The highest BCUT2D eigenvalue weighted by Gasteiger charge is 1.97. The van der Waals surface area contributed by atoms with Crippen LogP contribution < -0.4 is 10.6 Å². The Labute approximate surface area is 159 Å². The Morgan fingerprint density at radius 3 is 2.00 bits per heavy atom. The number of guanidine groups is 1. The molecule has 0 aromatic carbocycles. The fourth-order valence-electron chi connectivity index (χ4n) is 2.09. The second-order valence-electron chi connectivity index (χ2n) is 5.70. The molecule has 0 rings (SSSR count). The summed E-state index contributed by atoms with van der Waals surface area (Å²) in [5, 5.41) is 6.77. The summed E-state index contributed by atoms with van der Waals surface area (Å²) < 4.78 is 0. The number of hydrogen-bond acceptors (Lipinski definition) is 3. The molecule has 0 amide bonds. The van der Waals surface area contributed by atoms with E-state index in [2.05, 4.69) is 40.9 Å². The van der Waals surface area contributed by atoms with Gasteiger partial charge in [-0.05, 0) is 58.3 Å². The summed E-state index contributed by atoms with van der Waals surface area (Å²) in [4.78, 5) is 6.52. The first kappa shape index (κ1) is 24.6. The maximum Gasteiger partial charge on any atom is 0.190 e. The van der Waals surface area contributed by atoms with Crippen molar-refractivity contribution >= 4 is 41.7 Å². The van der Waals surface area contributed by atoms with Gasteiger partial charge >= 0.3 is 0 Å². The predicted octanol–water partition coefficient (Wildman–Crippen LogP) is 3.42. The molecule has 0 aromatic rings. The minimum Gasteiger partial charge on any atom is -0.356 e. The van der Waals surface area contributed by atoms with Gasteiger partial charge < -0.3 is 15.5 Å². The van der Waals surface area contributed by atoms with E-state index < -0.39 is 0 Å². The minimum absolute atomic E-state index is 0. The van der Waals surface area contributed by atoms with Gasteiger partial charge in [-0.15, -0.1) is 24.0 Å². The fraction of sp³-hybridized carbons (Fsp3) is 0.938. The van der Waals surface area contributed by atoms with Crippen molar-refractivity contribution in [3.8, 4) is 0 Å². The molecule has 0 aromatic heterocycles. The van der Waals surface area contributed by atoms with E-state index in [9.17, 15) is 0 Å². The van der Waals surface area contributed by atoms with Crippen LogP contribution in [0.2, 0.25) is 0 Å². The summed E-state index contributed by atoms with van der Waals surface area (Å²) in [5.41, 5.74) is 0. The normalized spacial score (nSPS) is 11.4. The minimum atomic E-state index is 0. The molecule has 2 N–H and O–H groups in total. The van der Waals surface area contributed by atoms with E-state index in [-0.39, 0.29) is 24.0 Å². The molecule has 0 heterocycles. The number of hydrogen-bond donors (Lipinski definition) is 2. The van der Waals surface area contributed by atoms with E-state index >= 15 is 0 Å². The van der Waals surface area contributed by atoms with Crippen LogP contribution in [-0.2, 0) is 0 Å². The summed E-state index contributed by atoms with van der Waals surface area (Å²) in [6, 6.07) is 0. The van der Waals surface area contributed by atoms with E-state index in [0.717, 1.165) is 19.0 Å². The van der Waals surface area contributed by atoms with E-state index in [1.165, 1.54) is 57.2 Å². The second-order valence-corrected chi connectivity index (χ2v) is 6.68. The lowest BCUT2D eigenvalue weighted by Gasteiger charge is -2.12. The van der Waals surface area contributed by atoms with E-state index in [0.29, 0.717) is 0 Å². The molecule has 0 atom stereocenters. The molecule has 0 spiro atoms. The standard InChI is InChI=1S/C16H36N4S.HI/c1-17-16(19-13-9-11-15-21-4)18-12-8-6-5-7-10-14-20(2)3;/h5-15H2,1-4H3,(H2,17,18,19);1H. The van der Waals surface area contributed by atoms with Gasteiger partial charge in [-0.2, -0.15) is 11.8 Å². The lowest BCUT2D eigenvalue weighted by molar-refractivity contribution is 0.389. The molecule has 0 radical (unpaired) electrons. The van der Waals surface area contributed by atoms with Gasteiger partial charge in [0.1, 0.15) is 0 Å². The molecule has 0 aliphatic rings. The molecular formula is C16H37IN4S. The molecule has 4 nitrogen and oxygen atoms in total. The maximum atomic E-state index is 4.26. The van der Waals surface area contributed by atoms with Crippen LogP contribution in [0.1, 0.15) is 44.9 Å².